The first-order chi connectivity index (χ1) is 16.0. The van der Waals surface area contributed by atoms with Crippen LogP contribution in [0.5, 0.6) is 23.0 Å². The molecule has 3 aromatic rings. The predicted molar refractivity (Wildman–Crippen MR) is 135 cm³/mol. The Morgan fingerprint density at radius 3 is 2.38 bits per heavy atom. The van der Waals surface area contributed by atoms with Crippen LogP contribution < -0.4 is 10.2 Å². The zero-order valence-electron chi connectivity index (χ0n) is 20.2. The normalized spacial score (nSPS) is 14.8. The number of rotatable bonds is 5. The molecule has 0 saturated carbocycles. The zero-order chi connectivity index (χ0) is 24.8. The largest absolute Gasteiger partial charge is 0.507 e. The van der Waals surface area contributed by atoms with E-state index in [1.54, 1.807) is 12.2 Å². The molecule has 34 heavy (non-hydrogen) atoms. The first-order valence-corrected chi connectivity index (χ1v) is 11.4. The van der Waals surface area contributed by atoms with E-state index in [1.165, 1.54) is 17.7 Å². The minimum Gasteiger partial charge on any atom is -0.507 e. The van der Waals surface area contributed by atoms with E-state index in [4.69, 9.17) is 9.15 Å². The molecule has 0 saturated heterocycles. The van der Waals surface area contributed by atoms with E-state index in [-0.39, 0.29) is 56.9 Å². The number of benzene rings is 2. The average Bonchev–Trinajstić information content (AvgIpc) is 2.72. The Bertz CT molecular complexity index is 1450. The molecule has 0 unspecified atom stereocenters. The Labute approximate surface area is 198 Å². The van der Waals surface area contributed by atoms with Gasteiger partial charge in [-0.1, -0.05) is 29.4 Å². The third kappa shape index (κ3) is 4.28. The fourth-order valence-electron chi connectivity index (χ4n) is 4.19. The summed E-state index contributed by atoms with van der Waals surface area (Å²) < 4.78 is 11.7. The summed E-state index contributed by atoms with van der Waals surface area (Å²) in [4.78, 5) is 13.6. The number of phenols is 3. The van der Waals surface area contributed by atoms with Crippen molar-refractivity contribution in [2.75, 3.05) is 0 Å². The Morgan fingerprint density at radius 1 is 1.00 bits per heavy atom. The zero-order valence-corrected chi connectivity index (χ0v) is 20.2. The number of aromatic hydroxyl groups is 3. The van der Waals surface area contributed by atoms with Gasteiger partial charge in [0.25, 0.3) is 0 Å². The summed E-state index contributed by atoms with van der Waals surface area (Å²) in [6.45, 7) is 9.80. The fourth-order valence-corrected chi connectivity index (χ4v) is 4.19. The lowest BCUT2D eigenvalue weighted by Crippen LogP contribution is -2.28. The molecule has 2 aromatic carbocycles. The van der Waals surface area contributed by atoms with Gasteiger partial charge in [-0.15, -0.1) is 0 Å². The van der Waals surface area contributed by atoms with E-state index in [0.29, 0.717) is 5.56 Å². The van der Waals surface area contributed by atoms with E-state index >= 15 is 0 Å². The van der Waals surface area contributed by atoms with Crippen molar-refractivity contribution in [2.45, 2.75) is 59.5 Å². The maximum atomic E-state index is 13.6. The predicted octanol–water partition coefficient (Wildman–Crippen LogP) is 6.48. The fraction of sp³-hybridized carbons (Fsp3) is 0.321. The molecule has 1 aromatic heterocycles. The maximum absolute atomic E-state index is 13.6. The van der Waals surface area contributed by atoms with Crippen LogP contribution in [0.1, 0.15) is 58.6 Å². The topological polar surface area (TPSA) is 100 Å². The summed E-state index contributed by atoms with van der Waals surface area (Å²) in [5.74, 6) is -0.420. The summed E-state index contributed by atoms with van der Waals surface area (Å²) in [7, 11) is 0. The van der Waals surface area contributed by atoms with Crippen LogP contribution in [0.15, 0.2) is 50.7 Å². The minimum atomic E-state index is -0.647. The van der Waals surface area contributed by atoms with Gasteiger partial charge in [-0.2, -0.15) is 0 Å². The minimum absolute atomic E-state index is 0.0120. The molecule has 0 fully saturated rings. The Morgan fingerprint density at radius 2 is 1.68 bits per heavy atom. The molecule has 1 aliphatic heterocycles. The molecule has 1 aliphatic rings. The highest BCUT2D eigenvalue weighted by Crippen LogP contribution is 2.44. The molecular formula is C28H30O6. The van der Waals surface area contributed by atoms with E-state index in [0.717, 1.165) is 18.4 Å². The molecule has 0 aliphatic carbocycles. The van der Waals surface area contributed by atoms with E-state index in [1.807, 2.05) is 26.8 Å². The highest BCUT2D eigenvalue weighted by molar-refractivity contribution is 6.00. The number of ether oxygens (including phenoxy) is 1. The van der Waals surface area contributed by atoms with Crippen LogP contribution >= 0.6 is 0 Å². The molecule has 6 nitrogen and oxygen atoms in total. The van der Waals surface area contributed by atoms with Crippen LogP contribution in [-0.4, -0.2) is 20.9 Å². The summed E-state index contributed by atoms with van der Waals surface area (Å²) in [5, 5.41) is 32.3. The Kier molecular flexibility index (Phi) is 5.94. The molecule has 0 spiro atoms. The highest BCUT2D eigenvalue weighted by Gasteiger charge is 2.28. The number of allylic oxidation sites excluding steroid dienone is 4. The average molecular weight is 463 g/mol. The second-order valence-corrected chi connectivity index (χ2v) is 9.65. The lowest BCUT2D eigenvalue weighted by atomic mass is 9.97. The molecule has 4 rings (SSSR count). The van der Waals surface area contributed by atoms with Gasteiger partial charge in [-0.05, 0) is 60.0 Å². The van der Waals surface area contributed by atoms with Gasteiger partial charge in [0.1, 0.15) is 33.7 Å². The van der Waals surface area contributed by atoms with Crippen molar-refractivity contribution < 1.29 is 24.5 Å². The van der Waals surface area contributed by atoms with E-state index in [2.05, 4.69) is 19.9 Å². The second kappa shape index (κ2) is 8.60. The van der Waals surface area contributed by atoms with Crippen LogP contribution in [0.2, 0.25) is 0 Å². The van der Waals surface area contributed by atoms with Gasteiger partial charge in [0.05, 0.1) is 5.39 Å². The third-order valence-corrected chi connectivity index (χ3v) is 6.04. The summed E-state index contributed by atoms with van der Waals surface area (Å²) >= 11 is 0. The van der Waals surface area contributed by atoms with Crippen molar-refractivity contribution in [2.24, 2.45) is 0 Å². The molecule has 0 amide bonds. The van der Waals surface area contributed by atoms with Crippen molar-refractivity contribution in [3.63, 3.8) is 0 Å². The van der Waals surface area contributed by atoms with Crippen molar-refractivity contribution in [1.29, 1.82) is 0 Å². The number of phenolic OH excluding ortho intramolecular Hbond substituents is 3. The van der Waals surface area contributed by atoms with Gasteiger partial charge in [0, 0.05) is 23.3 Å². The van der Waals surface area contributed by atoms with E-state index in [9.17, 15) is 20.1 Å². The van der Waals surface area contributed by atoms with Crippen molar-refractivity contribution in [3.05, 3.63) is 62.9 Å². The Hall–Kier alpha value is -3.67. The van der Waals surface area contributed by atoms with Gasteiger partial charge in [-0.25, -0.2) is 0 Å². The molecule has 0 radical (unpaired) electrons. The smallest absolute Gasteiger partial charge is 0.205 e. The van der Waals surface area contributed by atoms with Crippen molar-refractivity contribution in [1.82, 2.24) is 0 Å². The van der Waals surface area contributed by atoms with Crippen LogP contribution in [0, 0.1) is 0 Å². The van der Waals surface area contributed by atoms with Gasteiger partial charge < -0.3 is 24.5 Å². The monoisotopic (exact) mass is 462 g/mol. The second-order valence-electron chi connectivity index (χ2n) is 9.65. The lowest BCUT2D eigenvalue weighted by Gasteiger charge is -2.28. The number of fused-ring (bicyclic) bond motifs is 4. The maximum Gasteiger partial charge on any atom is 0.205 e. The first-order valence-electron chi connectivity index (χ1n) is 11.4. The SMILES string of the molecule is CC(C)=CCC/C(C)=C/Cc1c(O)cc2oc3cc(O)c4c(c3c(=O)c2c1O)C=CC(C)(C)O4. The highest BCUT2D eigenvalue weighted by atomic mass is 16.5. The van der Waals surface area contributed by atoms with Crippen LogP contribution in [0.4, 0.5) is 0 Å². The third-order valence-electron chi connectivity index (χ3n) is 6.04. The quantitative estimate of drug-likeness (QED) is 0.296. The van der Waals surface area contributed by atoms with Gasteiger partial charge in [0.15, 0.2) is 11.5 Å². The number of hydrogen-bond acceptors (Lipinski definition) is 6. The standard InChI is InChI=1S/C28H30O6/c1-15(2)7-6-8-16(3)9-10-17-19(29)13-22-24(25(17)31)26(32)23-18-11-12-28(4,5)34-27(18)20(30)14-21(23)33-22/h7,9,11-14,29-31H,6,8,10H2,1-5H3/b16-9+. The van der Waals surface area contributed by atoms with Crippen LogP contribution in [0.3, 0.4) is 0 Å². The van der Waals surface area contributed by atoms with Gasteiger partial charge >= 0.3 is 0 Å². The molecule has 6 heteroatoms. The van der Waals surface area contributed by atoms with Crippen LogP contribution in [0.25, 0.3) is 28.0 Å². The van der Waals surface area contributed by atoms with Gasteiger partial charge in [0.2, 0.25) is 5.43 Å². The Balaban J connectivity index is 1.85. The van der Waals surface area contributed by atoms with Crippen molar-refractivity contribution >= 4 is 28.0 Å². The lowest BCUT2D eigenvalue weighted by molar-refractivity contribution is 0.153. The molecule has 178 valence electrons. The van der Waals surface area contributed by atoms with Gasteiger partial charge in [-0.3, -0.25) is 4.79 Å². The van der Waals surface area contributed by atoms with Crippen LogP contribution in [-0.2, 0) is 6.42 Å². The molecule has 0 atom stereocenters. The summed E-state index contributed by atoms with van der Waals surface area (Å²) in [6.07, 6.45) is 9.68. The number of hydrogen-bond donors (Lipinski definition) is 3. The molecule has 0 bridgehead atoms. The summed E-state index contributed by atoms with van der Waals surface area (Å²) in [6, 6.07) is 2.66. The van der Waals surface area contributed by atoms with Crippen molar-refractivity contribution in [3.8, 4) is 23.0 Å². The van der Waals surface area contributed by atoms with E-state index < -0.39 is 11.0 Å². The molecule has 2 heterocycles. The molecule has 3 N–H and O–H groups in total. The molecular weight excluding hydrogens is 432 g/mol. The first kappa shape index (κ1) is 23.5. The summed E-state index contributed by atoms with van der Waals surface area (Å²) in [5.41, 5.74) is 2.13.